The first kappa shape index (κ1) is 14.5. The Kier molecular flexibility index (Phi) is 5.65. The number of hydrogen-bond acceptors (Lipinski definition) is 2. The van der Waals surface area contributed by atoms with Gasteiger partial charge in [-0.15, -0.1) is 0 Å². The Morgan fingerprint density at radius 2 is 2.17 bits per heavy atom. The Balaban J connectivity index is 2.40. The van der Waals surface area contributed by atoms with Gasteiger partial charge in [0.15, 0.2) is 6.10 Å². The smallest absolute Gasteiger partial charge is 0.260 e. The molecule has 1 atom stereocenters. The molecule has 0 aromatic heterocycles. The average molecular weight is 251 g/mol. The summed E-state index contributed by atoms with van der Waals surface area (Å²) in [6.07, 6.45) is -0.469. The van der Waals surface area contributed by atoms with Crippen molar-refractivity contribution >= 4 is 5.91 Å². The maximum atomic E-state index is 11.8. The van der Waals surface area contributed by atoms with Gasteiger partial charge in [0.2, 0.25) is 0 Å². The number of rotatable bonds is 6. The van der Waals surface area contributed by atoms with Crippen LogP contribution in [-0.2, 0) is 4.79 Å². The normalized spacial score (nSPS) is 12.3. The van der Waals surface area contributed by atoms with Gasteiger partial charge in [-0.05, 0) is 31.5 Å². The molecule has 0 radical (unpaired) electrons. The van der Waals surface area contributed by atoms with Crippen LogP contribution in [0, 0.1) is 6.92 Å². The zero-order valence-corrected chi connectivity index (χ0v) is 11.6. The van der Waals surface area contributed by atoms with Crippen molar-refractivity contribution in [2.24, 2.45) is 0 Å². The van der Waals surface area contributed by atoms with E-state index in [4.69, 9.17) is 4.74 Å². The van der Waals surface area contributed by atoms with Crippen molar-refractivity contribution in [3.63, 3.8) is 0 Å². The van der Waals surface area contributed by atoms with Gasteiger partial charge in [-0.1, -0.05) is 12.1 Å². The number of nitrogens with one attached hydrogen (secondary N) is 2. The quantitative estimate of drug-likeness (QED) is 0.749. The van der Waals surface area contributed by atoms with Crippen LogP contribution in [0.5, 0.6) is 5.75 Å². The Bertz CT molecular complexity index is 391. The topological polar surface area (TPSA) is 42.8 Å². The monoisotopic (exact) mass is 251 g/mol. The molecule has 1 aromatic carbocycles. The van der Waals surface area contributed by atoms with E-state index >= 15 is 0 Å². The lowest BCUT2D eigenvalue weighted by Gasteiger charge is -2.15. The number of hydrogen-bond donors (Lipinski definition) is 2. The van der Waals surface area contributed by atoms with Crippen molar-refractivity contribution in [2.45, 2.75) is 20.0 Å². The first-order valence-electron chi connectivity index (χ1n) is 6.29. The number of amides is 1. The molecule has 0 spiro atoms. The van der Waals surface area contributed by atoms with E-state index in [0.717, 1.165) is 17.9 Å². The average Bonchev–Trinajstić information content (AvgIpc) is 2.28. The fraction of sp³-hybridized carbons (Fsp3) is 0.500. The minimum Gasteiger partial charge on any atom is -0.481 e. The number of aryl methyl sites for hydroxylation is 1. The van der Waals surface area contributed by atoms with E-state index in [-0.39, 0.29) is 5.91 Å². The van der Waals surface area contributed by atoms with Gasteiger partial charge in [-0.3, -0.25) is 4.79 Å². The van der Waals surface area contributed by atoms with Gasteiger partial charge in [-0.25, -0.2) is 0 Å². The van der Waals surface area contributed by atoms with Crippen LogP contribution in [0.4, 0.5) is 0 Å². The second-order valence-electron chi connectivity index (χ2n) is 4.82. The lowest BCUT2D eigenvalue weighted by Crippen LogP contribution is -3.06. The second kappa shape index (κ2) is 7.01. The number of quaternary nitrogens is 1. The van der Waals surface area contributed by atoms with Crippen molar-refractivity contribution in [1.82, 2.24) is 5.32 Å². The van der Waals surface area contributed by atoms with E-state index in [1.54, 1.807) is 6.92 Å². The van der Waals surface area contributed by atoms with E-state index in [2.05, 4.69) is 19.4 Å². The molecule has 1 rings (SSSR count). The second-order valence-corrected chi connectivity index (χ2v) is 4.82. The van der Waals surface area contributed by atoms with Crippen LogP contribution in [-0.4, -0.2) is 39.2 Å². The molecule has 1 aromatic rings. The molecule has 0 aliphatic carbocycles. The molecule has 0 aliphatic rings. The summed E-state index contributed by atoms with van der Waals surface area (Å²) in [6.45, 7) is 5.34. The Hall–Kier alpha value is -1.55. The highest BCUT2D eigenvalue weighted by molar-refractivity contribution is 5.80. The first-order chi connectivity index (χ1) is 8.49. The molecule has 100 valence electrons. The molecule has 18 heavy (non-hydrogen) atoms. The predicted octanol–water partition coefficient (Wildman–Crippen LogP) is 0.0230. The number of likely N-dealkylation sites (N-methyl/N-ethyl adjacent to an activating group) is 1. The Morgan fingerprint density at radius 3 is 2.78 bits per heavy atom. The van der Waals surface area contributed by atoms with Crippen LogP contribution in [0.3, 0.4) is 0 Å². The predicted molar refractivity (Wildman–Crippen MR) is 72.0 cm³/mol. The summed E-state index contributed by atoms with van der Waals surface area (Å²) in [4.78, 5) is 13.1. The molecule has 4 heteroatoms. The molecule has 0 fully saturated rings. The van der Waals surface area contributed by atoms with Gasteiger partial charge in [0.25, 0.3) is 5.91 Å². The molecule has 0 bridgehead atoms. The molecule has 0 aliphatic heterocycles. The molecular formula is C14H23N2O2+. The Morgan fingerprint density at radius 1 is 1.44 bits per heavy atom. The third-order valence-corrected chi connectivity index (χ3v) is 2.60. The van der Waals surface area contributed by atoms with Crippen LogP contribution in [0.1, 0.15) is 12.5 Å². The lowest BCUT2D eigenvalue weighted by atomic mass is 10.2. The summed E-state index contributed by atoms with van der Waals surface area (Å²) >= 11 is 0. The molecule has 2 N–H and O–H groups in total. The summed E-state index contributed by atoms with van der Waals surface area (Å²) in [6, 6.07) is 7.71. The summed E-state index contributed by atoms with van der Waals surface area (Å²) in [7, 11) is 4.11. The number of ether oxygens (including phenoxy) is 1. The summed E-state index contributed by atoms with van der Waals surface area (Å²) in [5, 5.41) is 2.86. The van der Waals surface area contributed by atoms with Gasteiger partial charge < -0.3 is 15.0 Å². The molecule has 0 heterocycles. The van der Waals surface area contributed by atoms with Gasteiger partial charge in [0.05, 0.1) is 27.2 Å². The van der Waals surface area contributed by atoms with Gasteiger partial charge >= 0.3 is 0 Å². The van der Waals surface area contributed by atoms with Gasteiger partial charge in [-0.2, -0.15) is 0 Å². The first-order valence-corrected chi connectivity index (χ1v) is 6.29. The number of carbonyl (C=O) groups excluding carboxylic acids is 1. The SMILES string of the molecule is Cc1cccc(O[C@H](C)C(=O)NCC[NH+](C)C)c1. The molecule has 4 nitrogen and oxygen atoms in total. The van der Waals surface area contributed by atoms with Crippen molar-refractivity contribution in [3.8, 4) is 5.75 Å². The highest BCUT2D eigenvalue weighted by atomic mass is 16.5. The third kappa shape index (κ3) is 5.19. The van der Waals surface area contributed by atoms with E-state index < -0.39 is 6.10 Å². The van der Waals surface area contributed by atoms with Crippen molar-refractivity contribution < 1.29 is 14.4 Å². The Labute approximate surface area is 109 Å². The van der Waals surface area contributed by atoms with E-state index in [0.29, 0.717) is 6.54 Å². The summed E-state index contributed by atoms with van der Waals surface area (Å²) in [5.41, 5.74) is 1.12. The highest BCUT2D eigenvalue weighted by Gasteiger charge is 2.14. The van der Waals surface area contributed by atoms with Crippen molar-refractivity contribution in [3.05, 3.63) is 29.8 Å². The van der Waals surface area contributed by atoms with Crippen LogP contribution in [0.25, 0.3) is 0 Å². The van der Waals surface area contributed by atoms with E-state index in [1.165, 1.54) is 4.90 Å². The van der Waals surface area contributed by atoms with Crippen LogP contribution < -0.4 is 15.0 Å². The zero-order chi connectivity index (χ0) is 13.5. The fourth-order valence-electron chi connectivity index (χ4n) is 1.53. The lowest BCUT2D eigenvalue weighted by molar-refractivity contribution is -0.856. The maximum Gasteiger partial charge on any atom is 0.260 e. The van der Waals surface area contributed by atoms with Gasteiger partial charge in [0, 0.05) is 0 Å². The van der Waals surface area contributed by atoms with E-state index in [1.807, 2.05) is 31.2 Å². The fourth-order valence-corrected chi connectivity index (χ4v) is 1.53. The minimum atomic E-state index is -0.469. The highest BCUT2D eigenvalue weighted by Crippen LogP contribution is 2.13. The molecule has 0 unspecified atom stereocenters. The maximum absolute atomic E-state index is 11.8. The van der Waals surface area contributed by atoms with Gasteiger partial charge in [0.1, 0.15) is 5.75 Å². The molecule has 1 amide bonds. The largest absolute Gasteiger partial charge is 0.481 e. The summed E-state index contributed by atoms with van der Waals surface area (Å²) in [5.74, 6) is 0.661. The molecule has 0 saturated heterocycles. The molecule has 0 saturated carbocycles. The van der Waals surface area contributed by atoms with E-state index in [9.17, 15) is 4.79 Å². The summed E-state index contributed by atoms with van der Waals surface area (Å²) < 4.78 is 5.60. The van der Waals surface area contributed by atoms with Crippen LogP contribution >= 0.6 is 0 Å². The number of carbonyl (C=O) groups is 1. The standard InChI is InChI=1S/C14H22N2O2/c1-11-6-5-7-13(10-11)18-12(2)14(17)15-8-9-16(3)4/h5-7,10,12H,8-9H2,1-4H3,(H,15,17)/p+1/t12-/m1/s1. The minimum absolute atomic E-state index is 0.0715. The zero-order valence-electron chi connectivity index (χ0n) is 11.6. The van der Waals surface area contributed by atoms with Crippen molar-refractivity contribution in [2.75, 3.05) is 27.2 Å². The van der Waals surface area contributed by atoms with Crippen LogP contribution in [0.2, 0.25) is 0 Å². The molecular weight excluding hydrogens is 228 g/mol. The van der Waals surface area contributed by atoms with Crippen molar-refractivity contribution in [1.29, 1.82) is 0 Å². The van der Waals surface area contributed by atoms with Crippen LogP contribution in [0.15, 0.2) is 24.3 Å². The number of benzene rings is 1. The third-order valence-electron chi connectivity index (χ3n) is 2.60.